The molecule has 0 N–H and O–H groups in total. The Bertz CT molecular complexity index is 592. The molecule has 0 unspecified atom stereocenters. The van der Waals surface area contributed by atoms with Gasteiger partial charge >= 0.3 is 0 Å². The molecule has 0 aliphatic rings. The summed E-state index contributed by atoms with van der Waals surface area (Å²) in [5, 5.41) is 12.1. The summed E-state index contributed by atoms with van der Waals surface area (Å²) in [6.07, 6.45) is 5.37. The zero-order valence-electron chi connectivity index (χ0n) is 10.5. The molecule has 0 amide bonds. The Kier molecular flexibility index (Phi) is 3.28. The van der Waals surface area contributed by atoms with E-state index in [-0.39, 0.29) is 5.90 Å². The highest BCUT2D eigenvalue weighted by atomic mass is 16.3. The summed E-state index contributed by atoms with van der Waals surface area (Å²) in [5.41, 5.74) is 1.58. The first-order chi connectivity index (χ1) is 8.61. The smallest absolute Gasteiger partial charge is 0.292 e. The topological polar surface area (TPSA) is 44.2 Å². The third-order valence-corrected chi connectivity index (χ3v) is 2.71. The molecule has 18 heavy (non-hydrogen) atoms. The van der Waals surface area contributed by atoms with Crippen LogP contribution in [0.15, 0.2) is 48.2 Å². The molecule has 92 valence electrons. The monoisotopic (exact) mass is 241 g/mol. The van der Waals surface area contributed by atoms with Crippen molar-refractivity contribution in [3.8, 4) is 0 Å². The maximum Gasteiger partial charge on any atom is 0.292 e. The zero-order valence-corrected chi connectivity index (χ0v) is 10.5. The fourth-order valence-corrected chi connectivity index (χ4v) is 1.78. The quantitative estimate of drug-likeness (QED) is 0.448. The van der Waals surface area contributed by atoms with Crippen LogP contribution in [-0.2, 0) is 14.1 Å². The third-order valence-electron chi connectivity index (χ3n) is 2.71. The van der Waals surface area contributed by atoms with Crippen molar-refractivity contribution in [3.05, 3.63) is 54.6 Å². The van der Waals surface area contributed by atoms with Gasteiger partial charge < -0.3 is 5.11 Å². The van der Waals surface area contributed by atoms with Crippen molar-refractivity contribution in [1.82, 2.24) is 4.57 Å². The van der Waals surface area contributed by atoms with E-state index in [9.17, 15) is 5.11 Å². The van der Waals surface area contributed by atoms with Crippen molar-refractivity contribution < 1.29 is 9.67 Å². The van der Waals surface area contributed by atoms with Gasteiger partial charge in [0.1, 0.15) is 12.4 Å². The minimum atomic E-state index is -0.258. The van der Waals surface area contributed by atoms with E-state index in [1.807, 2.05) is 44.7 Å². The second kappa shape index (κ2) is 4.87. The predicted octanol–water partition coefficient (Wildman–Crippen LogP) is 0.931. The van der Waals surface area contributed by atoms with E-state index < -0.39 is 0 Å². The number of aromatic nitrogens is 2. The van der Waals surface area contributed by atoms with Gasteiger partial charge in [0.05, 0.1) is 25.7 Å². The molecule has 0 spiro atoms. The maximum absolute atomic E-state index is 12.1. The van der Waals surface area contributed by atoms with Crippen molar-refractivity contribution in [2.45, 2.75) is 0 Å². The molecule has 2 aromatic rings. The molecule has 1 heterocycles. The molecule has 0 fully saturated rings. The van der Waals surface area contributed by atoms with Gasteiger partial charge in [-0.15, -0.1) is 0 Å². The molecule has 0 saturated carbocycles. The lowest BCUT2D eigenvalue weighted by Gasteiger charge is -2.07. The van der Waals surface area contributed by atoms with E-state index in [1.165, 1.54) is 0 Å². The molecular weight excluding hydrogens is 226 g/mol. The largest absolute Gasteiger partial charge is 0.853 e. The third kappa shape index (κ3) is 2.32. The molecular formula is C14H15N3O. The Morgan fingerprint density at radius 3 is 2.89 bits per heavy atom. The van der Waals surface area contributed by atoms with Crippen LogP contribution in [0.2, 0.25) is 0 Å². The minimum absolute atomic E-state index is 0.258. The average molecular weight is 241 g/mol. The van der Waals surface area contributed by atoms with Crippen LogP contribution in [0.3, 0.4) is 0 Å². The normalized spacial score (nSPS) is 11.6. The van der Waals surface area contributed by atoms with Gasteiger partial charge in [0.25, 0.3) is 5.82 Å². The van der Waals surface area contributed by atoms with E-state index in [4.69, 9.17) is 0 Å². The number of nitrogens with zero attached hydrogens (tertiary/aromatic N) is 3. The van der Waals surface area contributed by atoms with E-state index in [1.54, 1.807) is 21.3 Å². The second-order valence-electron chi connectivity index (χ2n) is 4.06. The standard InChI is InChI=1S/C14H15N3O/c1-4-11-6-5-7-12(10-11)15-13(18)14-16(2)8-9-17(14)3/h4-10H,1H2,2-3H3. The molecule has 0 bridgehead atoms. The Hall–Kier alpha value is -2.36. The minimum Gasteiger partial charge on any atom is -0.853 e. The number of hydrogen-bond acceptors (Lipinski definition) is 2. The lowest BCUT2D eigenvalue weighted by Crippen LogP contribution is -2.39. The fraction of sp³-hybridized carbons (Fsp3) is 0.143. The fourth-order valence-electron chi connectivity index (χ4n) is 1.78. The number of rotatable bonds is 3. The van der Waals surface area contributed by atoms with Gasteiger partial charge in [-0.3, -0.25) is 4.99 Å². The SMILES string of the molecule is C=Cc1cccc(N=C([O-])c2n(C)cc[n+]2C)c1. The van der Waals surface area contributed by atoms with Crippen LogP contribution in [0, 0.1) is 0 Å². The molecule has 4 nitrogen and oxygen atoms in total. The second-order valence-corrected chi connectivity index (χ2v) is 4.06. The summed E-state index contributed by atoms with van der Waals surface area (Å²) in [4.78, 5) is 4.10. The van der Waals surface area contributed by atoms with Gasteiger partial charge in [0.2, 0.25) is 0 Å². The van der Waals surface area contributed by atoms with Gasteiger partial charge in [-0.2, -0.15) is 0 Å². The first-order valence-corrected chi connectivity index (χ1v) is 5.61. The van der Waals surface area contributed by atoms with Crippen molar-refractivity contribution in [2.24, 2.45) is 19.1 Å². The summed E-state index contributed by atoms with van der Waals surface area (Å²) in [7, 11) is 3.64. The van der Waals surface area contributed by atoms with E-state index >= 15 is 0 Å². The van der Waals surface area contributed by atoms with Crippen LogP contribution in [-0.4, -0.2) is 10.5 Å². The molecule has 0 aliphatic heterocycles. The van der Waals surface area contributed by atoms with Crippen molar-refractivity contribution >= 4 is 17.7 Å². The molecule has 1 aromatic carbocycles. The number of imidazole rings is 1. The number of hydrogen-bond donors (Lipinski definition) is 0. The average Bonchev–Trinajstić information content (AvgIpc) is 2.69. The molecule has 2 rings (SSSR count). The molecule has 4 heteroatoms. The first-order valence-electron chi connectivity index (χ1n) is 5.61. The van der Waals surface area contributed by atoms with Gasteiger partial charge in [0, 0.05) is 0 Å². The van der Waals surface area contributed by atoms with E-state index in [2.05, 4.69) is 11.6 Å². The van der Waals surface area contributed by atoms with Crippen LogP contribution in [0.1, 0.15) is 11.4 Å². The highest BCUT2D eigenvalue weighted by molar-refractivity contribution is 5.87. The van der Waals surface area contributed by atoms with E-state index in [0.717, 1.165) is 5.56 Å². The lowest BCUT2D eigenvalue weighted by atomic mass is 10.2. The Morgan fingerprint density at radius 1 is 1.50 bits per heavy atom. The van der Waals surface area contributed by atoms with Crippen molar-refractivity contribution in [1.29, 1.82) is 0 Å². The maximum atomic E-state index is 12.1. The molecule has 0 saturated heterocycles. The molecule has 0 aliphatic carbocycles. The van der Waals surface area contributed by atoms with Gasteiger partial charge in [0.15, 0.2) is 0 Å². The summed E-state index contributed by atoms with van der Waals surface area (Å²) < 4.78 is 3.51. The summed E-state index contributed by atoms with van der Waals surface area (Å²) in [6.45, 7) is 3.69. The highest BCUT2D eigenvalue weighted by Crippen LogP contribution is 2.15. The number of benzene rings is 1. The molecule has 0 atom stereocenters. The zero-order chi connectivity index (χ0) is 13.1. The number of aryl methyl sites for hydroxylation is 2. The summed E-state index contributed by atoms with van der Waals surface area (Å²) >= 11 is 0. The van der Waals surface area contributed by atoms with E-state index in [0.29, 0.717) is 11.5 Å². The van der Waals surface area contributed by atoms with Crippen molar-refractivity contribution in [3.63, 3.8) is 0 Å². The van der Waals surface area contributed by atoms with Gasteiger partial charge in [-0.05, 0) is 17.7 Å². The van der Waals surface area contributed by atoms with Crippen molar-refractivity contribution in [2.75, 3.05) is 0 Å². The summed E-state index contributed by atoms with van der Waals surface area (Å²) in [6, 6.07) is 7.40. The van der Waals surface area contributed by atoms with Crippen LogP contribution in [0.25, 0.3) is 6.08 Å². The predicted molar refractivity (Wildman–Crippen MR) is 69.3 cm³/mol. The van der Waals surface area contributed by atoms with Gasteiger partial charge in [-0.1, -0.05) is 24.8 Å². The Morgan fingerprint density at radius 2 is 2.28 bits per heavy atom. The lowest BCUT2D eigenvalue weighted by molar-refractivity contribution is -0.674. The Labute approximate surface area is 106 Å². The van der Waals surface area contributed by atoms with Gasteiger partial charge in [-0.25, -0.2) is 9.13 Å². The van der Waals surface area contributed by atoms with Crippen LogP contribution in [0.5, 0.6) is 0 Å². The van der Waals surface area contributed by atoms with Crippen LogP contribution in [0.4, 0.5) is 5.69 Å². The van der Waals surface area contributed by atoms with Crippen LogP contribution >= 0.6 is 0 Å². The highest BCUT2D eigenvalue weighted by Gasteiger charge is 2.11. The Balaban J connectivity index is 2.41. The number of aliphatic imine (C=N–C) groups is 1. The van der Waals surface area contributed by atoms with Crippen LogP contribution < -0.4 is 9.67 Å². The molecule has 1 aromatic heterocycles. The first kappa shape index (κ1) is 12.1. The molecule has 0 radical (unpaired) electrons. The summed E-state index contributed by atoms with van der Waals surface area (Å²) in [5.74, 6) is 0.283.